The summed E-state index contributed by atoms with van der Waals surface area (Å²) >= 11 is 1.89. The molecule has 128 valence electrons. The predicted molar refractivity (Wildman–Crippen MR) is 93.5 cm³/mol. The Morgan fingerprint density at radius 1 is 1.22 bits per heavy atom. The molecule has 0 aliphatic carbocycles. The number of hydrogen-bond donors (Lipinski definition) is 1. The summed E-state index contributed by atoms with van der Waals surface area (Å²) in [6.45, 7) is 3.61. The average Bonchev–Trinajstić information content (AvgIpc) is 2.60. The SMILES string of the molecule is COc1ccc(SCCN[C@@H]2CCOC3(CCOCC3)C2)cc1. The Labute approximate surface area is 143 Å². The van der Waals surface area contributed by atoms with E-state index in [4.69, 9.17) is 14.2 Å². The molecule has 1 aromatic carbocycles. The van der Waals surface area contributed by atoms with E-state index in [1.54, 1.807) is 7.11 Å². The molecule has 1 atom stereocenters. The van der Waals surface area contributed by atoms with Crippen molar-refractivity contribution in [3.8, 4) is 5.75 Å². The van der Waals surface area contributed by atoms with Crippen molar-refractivity contribution in [2.45, 2.75) is 42.2 Å². The Bertz CT molecular complexity index is 468. The van der Waals surface area contributed by atoms with Crippen LogP contribution >= 0.6 is 11.8 Å². The zero-order valence-electron chi connectivity index (χ0n) is 13.9. The Balaban J connectivity index is 1.38. The van der Waals surface area contributed by atoms with Gasteiger partial charge in [0.1, 0.15) is 5.75 Å². The molecule has 0 bridgehead atoms. The molecule has 5 heteroatoms. The van der Waals surface area contributed by atoms with Crippen LogP contribution < -0.4 is 10.1 Å². The van der Waals surface area contributed by atoms with E-state index in [0.29, 0.717) is 6.04 Å². The molecular weight excluding hydrogens is 310 g/mol. The maximum atomic E-state index is 6.10. The van der Waals surface area contributed by atoms with Crippen LogP contribution in [0.2, 0.25) is 0 Å². The van der Waals surface area contributed by atoms with Gasteiger partial charge in [0, 0.05) is 43.1 Å². The van der Waals surface area contributed by atoms with Gasteiger partial charge in [-0.1, -0.05) is 0 Å². The normalized spacial score (nSPS) is 23.8. The van der Waals surface area contributed by atoms with Crippen LogP contribution in [-0.2, 0) is 9.47 Å². The molecule has 23 heavy (non-hydrogen) atoms. The first-order valence-electron chi connectivity index (χ1n) is 8.52. The van der Waals surface area contributed by atoms with Gasteiger partial charge >= 0.3 is 0 Å². The highest BCUT2D eigenvalue weighted by molar-refractivity contribution is 7.99. The van der Waals surface area contributed by atoms with Crippen molar-refractivity contribution in [3.63, 3.8) is 0 Å². The molecule has 3 rings (SSSR count). The second kappa shape index (κ2) is 8.38. The first-order chi connectivity index (χ1) is 11.3. The molecular formula is C18H27NO3S. The summed E-state index contributed by atoms with van der Waals surface area (Å²) in [6, 6.07) is 8.86. The van der Waals surface area contributed by atoms with E-state index in [1.807, 2.05) is 23.9 Å². The fourth-order valence-electron chi connectivity index (χ4n) is 3.40. The number of nitrogens with one attached hydrogen (secondary N) is 1. The minimum Gasteiger partial charge on any atom is -0.497 e. The standard InChI is InChI=1S/C18H27NO3S/c1-20-16-2-4-17(5-3-16)23-13-9-19-15-6-10-22-18(14-15)7-11-21-12-8-18/h2-5,15,19H,6-14H2,1H3/t15-/m1/s1. The fourth-order valence-corrected chi connectivity index (χ4v) is 4.18. The highest BCUT2D eigenvalue weighted by atomic mass is 32.2. The molecule has 1 aromatic rings. The van der Waals surface area contributed by atoms with Gasteiger partial charge < -0.3 is 19.5 Å². The van der Waals surface area contributed by atoms with Crippen molar-refractivity contribution < 1.29 is 14.2 Å². The van der Waals surface area contributed by atoms with Crippen LogP contribution in [0.1, 0.15) is 25.7 Å². The molecule has 2 heterocycles. The number of benzene rings is 1. The van der Waals surface area contributed by atoms with Crippen molar-refractivity contribution in [1.82, 2.24) is 5.32 Å². The van der Waals surface area contributed by atoms with Crippen LogP contribution in [-0.4, -0.2) is 50.9 Å². The van der Waals surface area contributed by atoms with Crippen molar-refractivity contribution in [1.29, 1.82) is 0 Å². The monoisotopic (exact) mass is 337 g/mol. The smallest absolute Gasteiger partial charge is 0.118 e. The minimum atomic E-state index is 0.0806. The van der Waals surface area contributed by atoms with Gasteiger partial charge in [-0.05, 0) is 49.9 Å². The molecule has 0 saturated carbocycles. The lowest BCUT2D eigenvalue weighted by atomic mass is 9.84. The lowest BCUT2D eigenvalue weighted by Gasteiger charge is -2.43. The molecule has 1 spiro atoms. The molecule has 2 fully saturated rings. The third-order valence-corrected chi connectivity index (χ3v) is 5.77. The zero-order chi connectivity index (χ0) is 16.0. The van der Waals surface area contributed by atoms with Gasteiger partial charge in [0.05, 0.1) is 12.7 Å². The lowest BCUT2D eigenvalue weighted by Crippen LogP contribution is -2.50. The number of ether oxygens (including phenoxy) is 3. The van der Waals surface area contributed by atoms with Crippen LogP contribution in [0.3, 0.4) is 0 Å². The van der Waals surface area contributed by atoms with Gasteiger partial charge in [-0.25, -0.2) is 0 Å². The van der Waals surface area contributed by atoms with Crippen molar-refractivity contribution in [2.24, 2.45) is 0 Å². The van der Waals surface area contributed by atoms with Crippen molar-refractivity contribution in [3.05, 3.63) is 24.3 Å². The number of rotatable bonds is 6. The molecule has 1 N–H and O–H groups in total. The minimum absolute atomic E-state index is 0.0806. The molecule has 2 aliphatic heterocycles. The van der Waals surface area contributed by atoms with Crippen LogP contribution in [0.25, 0.3) is 0 Å². The summed E-state index contributed by atoms with van der Waals surface area (Å²) in [7, 11) is 1.70. The van der Waals surface area contributed by atoms with Gasteiger partial charge in [-0.15, -0.1) is 11.8 Å². The molecule has 2 saturated heterocycles. The van der Waals surface area contributed by atoms with E-state index in [-0.39, 0.29) is 5.60 Å². The lowest BCUT2D eigenvalue weighted by molar-refractivity contribution is -0.140. The second-order valence-corrected chi connectivity index (χ2v) is 7.48. The Morgan fingerprint density at radius 2 is 2.00 bits per heavy atom. The topological polar surface area (TPSA) is 39.7 Å². The maximum Gasteiger partial charge on any atom is 0.118 e. The molecule has 2 aliphatic rings. The van der Waals surface area contributed by atoms with Gasteiger partial charge in [0.15, 0.2) is 0 Å². The van der Waals surface area contributed by atoms with E-state index in [0.717, 1.165) is 63.6 Å². The average molecular weight is 337 g/mol. The summed E-state index contributed by atoms with van der Waals surface area (Å²) < 4.78 is 16.8. The van der Waals surface area contributed by atoms with Crippen LogP contribution in [0.4, 0.5) is 0 Å². The van der Waals surface area contributed by atoms with Crippen LogP contribution in [0.5, 0.6) is 5.75 Å². The highest BCUT2D eigenvalue weighted by Crippen LogP contribution is 2.34. The van der Waals surface area contributed by atoms with E-state index in [2.05, 4.69) is 17.4 Å². The van der Waals surface area contributed by atoms with Crippen molar-refractivity contribution >= 4 is 11.8 Å². The quantitative estimate of drug-likeness (QED) is 0.638. The maximum absolute atomic E-state index is 6.10. The Hall–Kier alpha value is -0.750. The molecule has 0 unspecified atom stereocenters. The molecule has 0 amide bonds. The third kappa shape index (κ3) is 4.86. The van der Waals surface area contributed by atoms with E-state index in [9.17, 15) is 0 Å². The number of hydrogen-bond acceptors (Lipinski definition) is 5. The summed E-state index contributed by atoms with van der Waals surface area (Å²) in [5.74, 6) is 2.00. The van der Waals surface area contributed by atoms with E-state index < -0.39 is 0 Å². The molecule has 0 aromatic heterocycles. The largest absolute Gasteiger partial charge is 0.497 e. The third-order valence-electron chi connectivity index (χ3n) is 4.76. The van der Waals surface area contributed by atoms with Crippen LogP contribution in [0, 0.1) is 0 Å². The Morgan fingerprint density at radius 3 is 2.74 bits per heavy atom. The molecule has 0 radical (unpaired) electrons. The fraction of sp³-hybridized carbons (Fsp3) is 0.667. The first-order valence-corrected chi connectivity index (χ1v) is 9.50. The van der Waals surface area contributed by atoms with Gasteiger partial charge in [0.25, 0.3) is 0 Å². The Kier molecular flexibility index (Phi) is 6.22. The van der Waals surface area contributed by atoms with Crippen molar-refractivity contribution in [2.75, 3.05) is 39.2 Å². The summed E-state index contributed by atoms with van der Waals surface area (Å²) in [5.41, 5.74) is 0.0806. The highest BCUT2D eigenvalue weighted by Gasteiger charge is 2.38. The first kappa shape index (κ1) is 17.1. The zero-order valence-corrected chi connectivity index (χ0v) is 14.7. The number of methoxy groups -OCH3 is 1. The number of thioether (sulfide) groups is 1. The van der Waals surface area contributed by atoms with Gasteiger partial charge in [-0.3, -0.25) is 0 Å². The van der Waals surface area contributed by atoms with Gasteiger partial charge in [-0.2, -0.15) is 0 Å². The van der Waals surface area contributed by atoms with Crippen LogP contribution in [0.15, 0.2) is 29.2 Å². The predicted octanol–water partition coefficient (Wildman–Crippen LogP) is 3.11. The summed E-state index contributed by atoms with van der Waals surface area (Å²) in [5, 5.41) is 3.72. The van der Waals surface area contributed by atoms with E-state index in [1.165, 1.54) is 4.90 Å². The summed E-state index contributed by atoms with van der Waals surface area (Å²) in [6.07, 6.45) is 4.34. The van der Waals surface area contributed by atoms with E-state index >= 15 is 0 Å². The summed E-state index contributed by atoms with van der Waals surface area (Å²) in [4.78, 5) is 1.29. The second-order valence-electron chi connectivity index (χ2n) is 6.31. The van der Waals surface area contributed by atoms with Gasteiger partial charge in [0.2, 0.25) is 0 Å². The molecule has 4 nitrogen and oxygen atoms in total.